The minimum atomic E-state index is -0.0636. The van der Waals surface area contributed by atoms with Gasteiger partial charge in [-0.1, -0.05) is 26.8 Å². The van der Waals surface area contributed by atoms with Crippen LogP contribution in [0.25, 0.3) is 0 Å². The van der Waals surface area contributed by atoms with E-state index >= 15 is 0 Å². The van der Waals surface area contributed by atoms with E-state index in [2.05, 4.69) is 26.8 Å². The molecule has 3 heteroatoms. The Bertz CT molecular complexity index is 562. The van der Waals surface area contributed by atoms with E-state index in [0.29, 0.717) is 24.2 Å². The number of Topliss-reactive ketones (excluding diaryl/α,β-unsaturated/α-hetero) is 1. The fourth-order valence-corrected chi connectivity index (χ4v) is 2.46. The highest BCUT2D eigenvalue weighted by Gasteiger charge is 2.28. The molecule has 2 rings (SSSR count). The van der Waals surface area contributed by atoms with E-state index in [1.807, 2.05) is 13.0 Å². The molecule has 108 valence electrons. The maximum absolute atomic E-state index is 12.6. The van der Waals surface area contributed by atoms with Crippen LogP contribution in [0.2, 0.25) is 0 Å². The average Bonchev–Trinajstić information content (AvgIpc) is 2.50. The molecule has 0 fully saturated rings. The van der Waals surface area contributed by atoms with Crippen LogP contribution in [-0.2, 0) is 10.2 Å². The number of fused-ring (bicyclic) bond motifs is 1. The van der Waals surface area contributed by atoms with Gasteiger partial charge < -0.3 is 9.47 Å². The Morgan fingerprint density at radius 1 is 1.30 bits per heavy atom. The van der Waals surface area contributed by atoms with Crippen molar-refractivity contribution in [2.24, 2.45) is 0 Å². The smallest absolute Gasteiger partial charge is 0.195 e. The second-order valence-electron chi connectivity index (χ2n) is 6.25. The number of carbonyl (C=O) groups excluding carboxylic acids is 1. The molecule has 0 N–H and O–H groups in total. The number of ketones is 1. The van der Waals surface area contributed by atoms with Crippen LogP contribution in [0.5, 0.6) is 5.75 Å². The molecular formula is C17H22O3. The first-order valence-electron chi connectivity index (χ1n) is 6.89. The Morgan fingerprint density at radius 2 is 2.00 bits per heavy atom. The zero-order chi connectivity index (χ0) is 14.9. The summed E-state index contributed by atoms with van der Waals surface area (Å²) in [5, 5.41) is 0. The SMILES string of the molecule is CO/C=C1/CCOc2c(cc(C)cc2C(C)(C)C)C1=O. The van der Waals surface area contributed by atoms with Crippen LogP contribution < -0.4 is 4.74 Å². The molecule has 0 atom stereocenters. The second kappa shape index (κ2) is 5.31. The van der Waals surface area contributed by atoms with Crippen molar-refractivity contribution in [1.29, 1.82) is 0 Å². The Morgan fingerprint density at radius 3 is 2.60 bits per heavy atom. The van der Waals surface area contributed by atoms with Gasteiger partial charge in [-0.15, -0.1) is 0 Å². The third-order valence-electron chi connectivity index (χ3n) is 3.46. The molecule has 0 aromatic heterocycles. The fraction of sp³-hybridized carbons (Fsp3) is 0.471. The number of carbonyl (C=O) groups is 1. The van der Waals surface area contributed by atoms with Gasteiger partial charge in [0.15, 0.2) is 5.78 Å². The van der Waals surface area contributed by atoms with E-state index in [0.717, 1.165) is 16.9 Å². The minimum absolute atomic E-state index is 0.00792. The molecule has 1 aromatic carbocycles. The zero-order valence-electron chi connectivity index (χ0n) is 12.9. The highest BCUT2D eigenvalue weighted by molar-refractivity contribution is 6.11. The van der Waals surface area contributed by atoms with Gasteiger partial charge in [0.2, 0.25) is 0 Å². The normalized spacial score (nSPS) is 17.4. The van der Waals surface area contributed by atoms with Crippen LogP contribution in [0.15, 0.2) is 24.0 Å². The predicted octanol–water partition coefficient (Wildman–Crippen LogP) is 3.79. The van der Waals surface area contributed by atoms with E-state index in [9.17, 15) is 4.79 Å². The molecule has 0 saturated heterocycles. The van der Waals surface area contributed by atoms with E-state index in [4.69, 9.17) is 9.47 Å². The summed E-state index contributed by atoms with van der Waals surface area (Å²) in [5.41, 5.74) is 3.41. The Kier molecular flexibility index (Phi) is 3.89. The van der Waals surface area contributed by atoms with Gasteiger partial charge in [-0.05, 0) is 24.0 Å². The molecule has 1 aliphatic heterocycles. The maximum atomic E-state index is 12.6. The number of aryl methyl sites for hydroxylation is 1. The third kappa shape index (κ3) is 2.72. The molecule has 0 aliphatic carbocycles. The molecule has 0 unspecified atom stereocenters. The van der Waals surface area contributed by atoms with Gasteiger partial charge in [-0.2, -0.15) is 0 Å². The van der Waals surface area contributed by atoms with Crippen LogP contribution in [0.4, 0.5) is 0 Å². The van der Waals surface area contributed by atoms with Crippen molar-refractivity contribution in [1.82, 2.24) is 0 Å². The molecule has 3 nitrogen and oxygen atoms in total. The van der Waals surface area contributed by atoms with Crippen molar-refractivity contribution in [3.8, 4) is 5.75 Å². The monoisotopic (exact) mass is 274 g/mol. The van der Waals surface area contributed by atoms with E-state index in [1.165, 1.54) is 6.26 Å². The van der Waals surface area contributed by atoms with E-state index in [-0.39, 0.29) is 11.2 Å². The molecule has 1 heterocycles. The van der Waals surface area contributed by atoms with Gasteiger partial charge >= 0.3 is 0 Å². The molecule has 0 bridgehead atoms. The Balaban J connectivity index is 2.64. The van der Waals surface area contributed by atoms with Crippen molar-refractivity contribution >= 4 is 5.78 Å². The maximum Gasteiger partial charge on any atom is 0.195 e. The molecule has 1 aliphatic rings. The molecule has 20 heavy (non-hydrogen) atoms. The second-order valence-corrected chi connectivity index (χ2v) is 6.25. The average molecular weight is 274 g/mol. The van der Waals surface area contributed by atoms with Crippen molar-refractivity contribution < 1.29 is 14.3 Å². The van der Waals surface area contributed by atoms with Crippen LogP contribution >= 0.6 is 0 Å². The molecule has 0 amide bonds. The lowest BCUT2D eigenvalue weighted by atomic mass is 9.83. The summed E-state index contributed by atoms with van der Waals surface area (Å²) in [6, 6.07) is 4.01. The summed E-state index contributed by atoms with van der Waals surface area (Å²) in [6.45, 7) is 8.90. The minimum Gasteiger partial charge on any atom is -0.504 e. The van der Waals surface area contributed by atoms with Crippen molar-refractivity contribution in [3.05, 3.63) is 40.7 Å². The first-order chi connectivity index (χ1) is 9.34. The number of hydrogen-bond acceptors (Lipinski definition) is 3. The van der Waals surface area contributed by atoms with Gasteiger partial charge in [-0.3, -0.25) is 4.79 Å². The molecule has 0 radical (unpaired) electrons. The summed E-state index contributed by atoms with van der Waals surface area (Å²) in [6.07, 6.45) is 2.10. The van der Waals surface area contributed by atoms with Gasteiger partial charge in [0.25, 0.3) is 0 Å². The zero-order valence-corrected chi connectivity index (χ0v) is 12.9. The van der Waals surface area contributed by atoms with E-state index in [1.54, 1.807) is 7.11 Å². The van der Waals surface area contributed by atoms with Crippen LogP contribution in [0, 0.1) is 6.92 Å². The van der Waals surface area contributed by atoms with Gasteiger partial charge in [0.05, 0.1) is 25.5 Å². The quantitative estimate of drug-likeness (QED) is 0.577. The summed E-state index contributed by atoms with van der Waals surface area (Å²) in [4.78, 5) is 12.6. The van der Waals surface area contributed by atoms with Crippen LogP contribution in [0.3, 0.4) is 0 Å². The number of hydrogen-bond donors (Lipinski definition) is 0. The number of methoxy groups -OCH3 is 1. The predicted molar refractivity (Wildman–Crippen MR) is 79.4 cm³/mol. The fourth-order valence-electron chi connectivity index (χ4n) is 2.46. The van der Waals surface area contributed by atoms with Gasteiger partial charge in [0.1, 0.15) is 5.75 Å². The van der Waals surface area contributed by atoms with Crippen molar-refractivity contribution in [2.45, 2.75) is 39.5 Å². The Hall–Kier alpha value is -1.77. The molecule has 1 aromatic rings. The molecule has 0 saturated carbocycles. The standard InChI is InChI=1S/C17H22O3/c1-11-8-13-15(18)12(10-19-5)6-7-20-16(13)14(9-11)17(2,3)4/h8-10H,6-7H2,1-5H3/b12-10-. The summed E-state index contributed by atoms with van der Waals surface area (Å²) in [5.74, 6) is 0.737. The Labute approximate surface area is 120 Å². The van der Waals surface area contributed by atoms with Crippen LogP contribution in [0.1, 0.15) is 48.7 Å². The van der Waals surface area contributed by atoms with E-state index < -0.39 is 0 Å². The number of benzene rings is 1. The lowest BCUT2D eigenvalue weighted by Crippen LogP contribution is -2.15. The lowest BCUT2D eigenvalue weighted by molar-refractivity contribution is 0.102. The van der Waals surface area contributed by atoms with Crippen LogP contribution in [-0.4, -0.2) is 19.5 Å². The molecular weight excluding hydrogens is 252 g/mol. The first-order valence-corrected chi connectivity index (χ1v) is 6.89. The summed E-state index contributed by atoms with van der Waals surface area (Å²) >= 11 is 0. The number of rotatable bonds is 1. The largest absolute Gasteiger partial charge is 0.504 e. The highest BCUT2D eigenvalue weighted by atomic mass is 16.5. The number of ether oxygens (including phenoxy) is 2. The third-order valence-corrected chi connectivity index (χ3v) is 3.46. The van der Waals surface area contributed by atoms with Gasteiger partial charge in [-0.25, -0.2) is 0 Å². The summed E-state index contributed by atoms with van der Waals surface area (Å²) in [7, 11) is 1.56. The topological polar surface area (TPSA) is 35.5 Å². The van der Waals surface area contributed by atoms with Crippen molar-refractivity contribution in [2.75, 3.05) is 13.7 Å². The lowest BCUT2D eigenvalue weighted by Gasteiger charge is -2.24. The first kappa shape index (κ1) is 14.6. The van der Waals surface area contributed by atoms with Gasteiger partial charge in [0, 0.05) is 17.6 Å². The highest BCUT2D eigenvalue weighted by Crippen LogP contribution is 2.38. The van der Waals surface area contributed by atoms with Crippen molar-refractivity contribution in [3.63, 3.8) is 0 Å². The summed E-state index contributed by atoms with van der Waals surface area (Å²) < 4.78 is 10.9. The molecule has 0 spiro atoms.